The maximum atomic E-state index is 8.47. The normalized spacial score (nSPS) is 22.8. The zero-order chi connectivity index (χ0) is 8.27. The number of ether oxygens (including phenoxy) is 1. The van der Waals surface area contributed by atoms with Crippen LogP contribution >= 0.6 is 0 Å². The van der Waals surface area contributed by atoms with E-state index in [1.54, 1.807) is 18.2 Å². The van der Waals surface area contributed by atoms with Gasteiger partial charge in [0.2, 0.25) is 0 Å². The molecule has 2 N–H and O–H groups in total. The second kappa shape index (κ2) is 3.14. The first kappa shape index (κ1) is 7.72. The highest BCUT2D eigenvalue weighted by atomic mass is 16.5. The van der Waals surface area contributed by atoms with Crippen molar-refractivity contribution in [3.63, 3.8) is 0 Å². The Bertz CT molecular complexity index is 261. The number of hydrogen-bond acceptors (Lipinski definition) is 2. The van der Waals surface area contributed by atoms with Crippen LogP contribution in [0.2, 0.25) is 0 Å². The van der Waals surface area contributed by atoms with Gasteiger partial charge in [-0.2, -0.15) is 4.79 Å². The first-order valence-corrected chi connectivity index (χ1v) is 3.18. The fraction of sp³-hybridized carbons (Fsp3) is 0.286. The summed E-state index contributed by atoms with van der Waals surface area (Å²) >= 11 is 0. The Morgan fingerprint density at radius 1 is 1.64 bits per heavy atom. The summed E-state index contributed by atoms with van der Waals surface area (Å²) in [6.45, 7) is 0. The van der Waals surface area contributed by atoms with Crippen molar-refractivity contribution in [2.75, 3.05) is 7.11 Å². The van der Waals surface area contributed by atoms with Crippen molar-refractivity contribution in [2.24, 2.45) is 5.73 Å². The number of methoxy groups -OCH3 is 1. The molecule has 11 heavy (non-hydrogen) atoms. The van der Waals surface area contributed by atoms with Crippen molar-refractivity contribution in [1.29, 1.82) is 0 Å². The van der Waals surface area contributed by atoms with Crippen LogP contribution < -0.4 is 5.73 Å². The molecule has 1 rings (SSSR count). The predicted molar refractivity (Wildman–Crippen MR) is 40.8 cm³/mol. The van der Waals surface area contributed by atoms with Crippen molar-refractivity contribution in [3.05, 3.63) is 29.5 Å². The summed E-state index contributed by atoms with van der Waals surface area (Å²) in [6, 6.07) is 0. The van der Waals surface area contributed by atoms with E-state index in [2.05, 4.69) is 4.79 Å². The maximum absolute atomic E-state index is 8.47. The van der Waals surface area contributed by atoms with E-state index >= 15 is 0 Å². The van der Waals surface area contributed by atoms with Gasteiger partial charge in [0.1, 0.15) is 0 Å². The molecule has 0 heterocycles. The van der Waals surface area contributed by atoms with Crippen LogP contribution in [-0.2, 0) is 4.74 Å². The third-order valence-electron chi connectivity index (χ3n) is 1.45. The summed E-state index contributed by atoms with van der Waals surface area (Å²) in [5.41, 5.74) is 15.0. The van der Waals surface area contributed by atoms with Gasteiger partial charge < -0.3 is 16.0 Å². The molecular weight excluding hydrogens is 142 g/mol. The zero-order valence-corrected chi connectivity index (χ0v) is 6.19. The standard InChI is InChI=1S/C7H9N3O/c1-11-7-4-5(8)2-3-6(7)10-9/h2-4,7H,8H2,1H3. The number of allylic oxidation sites excluding steroid dienone is 1. The monoisotopic (exact) mass is 151 g/mol. The van der Waals surface area contributed by atoms with Gasteiger partial charge in [-0.3, -0.25) is 0 Å². The minimum Gasteiger partial charge on any atom is -0.399 e. The van der Waals surface area contributed by atoms with Gasteiger partial charge >= 0.3 is 5.71 Å². The van der Waals surface area contributed by atoms with E-state index in [0.717, 1.165) is 0 Å². The molecule has 0 aromatic heterocycles. The van der Waals surface area contributed by atoms with E-state index in [4.69, 9.17) is 16.0 Å². The smallest absolute Gasteiger partial charge is 0.324 e. The molecule has 1 aliphatic carbocycles. The first-order valence-electron chi connectivity index (χ1n) is 3.18. The van der Waals surface area contributed by atoms with Gasteiger partial charge in [0, 0.05) is 18.9 Å². The van der Waals surface area contributed by atoms with Crippen molar-refractivity contribution in [3.8, 4) is 0 Å². The zero-order valence-electron chi connectivity index (χ0n) is 6.19. The largest absolute Gasteiger partial charge is 0.399 e. The average molecular weight is 151 g/mol. The number of nitrogens with zero attached hydrogens (tertiary/aromatic N) is 2. The van der Waals surface area contributed by atoms with Crippen LogP contribution in [-0.4, -0.2) is 23.7 Å². The highest BCUT2D eigenvalue weighted by Gasteiger charge is 2.20. The van der Waals surface area contributed by atoms with E-state index < -0.39 is 0 Å². The molecule has 1 unspecified atom stereocenters. The van der Waals surface area contributed by atoms with Gasteiger partial charge in [0.25, 0.3) is 0 Å². The average Bonchev–Trinajstić information content (AvgIpc) is 2.04. The molecule has 0 bridgehead atoms. The van der Waals surface area contributed by atoms with Gasteiger partial charge in [-0.1, -0.05) is 0 Å². The molecule has 4 heteroatoms. The molecule has 0 aromatic rings. The van der Waals surface area contributed by atoms with Gasteiger partial charge in [-0.15, -0.1) is 0 Å². The molecule has 1 aliphatic rings. The Hall–Kier alpha value is -1.38. The van der Waals surface area contributed by atoms with Crippen LogP contribution in [0.5, 0.6) is 0 Å². The van der Waals surface area contributed by atoms with Crippen LogP contribution in [0.25, 0.3) is 5.53 Å². The van der Waals surface area contributed by atoms with E-state index in [9.17, 15) is 0 Å². The van der Waals surface area contributed by atoms with Crippen LogP contribution in [0.3, 0.4) is 0 Å². The van der Waals surface area contributed by atoms with Crippen molar-refractivity contribution in [2.45, 2.75) is 6.10 Å². The molecule has 0 aliphatic heterocycles. The van der Waals surface area contributed by atoms with Crippen molar-refractivity contribution < 1.29 is 9.53 Å². The molecule has 58 valence electrons. The van der Waals surface area contributed by atoms with Gasteiger partial charge in [0.05, 0.1) is 0 Å². The Morgan fingerprint density at radius 3 is 2.91 bits per heavy atom. The quantitative estimate of drug-likeness (QED) is 0.426. The number of hydrogen-bond donors (Lipinski definition) is 1. The second-order valence-electron chi connectivity index (χ2n) is 2.18. The summed E-state index contributed by atoms with van der Waals surface area (Å²) < 4.78 is 4.97. The van der Waals surface area contributed by atoms with Gasteiger partial charge in [-0.25, -0.2) is 0 Å². The third-order valence-corrected chi connectivity index (χ3v) is 1.45. The second-order valence-corrected chi connectivity index (χ2v) is 2.18. The molecule has 0 saturated heterocycles. The van der Waals surface area contributed by atoms with Crippen molar-refractivity contribution >= 4 is 5.71 Å². The van der Waals surface area contributed by atoms with E-state index in [0.29, 0.717) is 11.4 Å². The lowest BCUT2D eigenvalue weighted by Gasteiger charge is -2.07. The highest BCUT2D eigenvalue weighted by molar-refractivity contribution is 5.97. The Kier molecular flexibility index (Phi) is 2.21. The van der Waals surface area contributed by atoms with Gasteiger partial charge in [-0.05, 0) is 12.2 Å². The fourth-order valence-electron chi connectivity index (χ4n) is 0.871. The number of nitrogens with two attached hydrogens (primary N) is 1. The third kappa shape index (κ3) is 1.55. The molecule has 1 atom stereocenters. The van der Waals surface area contributed by atoms with E-state index in [1.165, 1.54) is 7.11 Å². The van der Waals surface area contributed by atoms with Crippen LogP contribution in [0.4, 0.5) is 0 Å². The highest BCUT2D eigenvalue weighted by Crippen LogP contribution is 2.05. The lowest BCUT2D eigenvalue weighted by atomic mass is 10.1. The number of rotatable bonds is 1. The SMILES string of the molecule is COC1C=C(N)C=CC1=[N+]=[N-]. The molecule has 0 fully saturated rings. The molecular formula is C7H9N3O. The minimum absolute atomic E-state index is 0.329. The summed E-state index contributed by atoms with van der Waals surface area (Å²) in [5.74, 6) is 0. The summed E-state index contributed by atoms with van der Waals surface area (Å²) in [4.78, 5) is 3.04. The van der Waals surface area contributed by atoms with Crippen LogP contribution in [0.1, 0.15) is 0 Å². The van der Waals surface area contributed by atoms with E-state index in [1.807, 2.05) is 0 Å². The summed E-state index contributed by atoms with van der Waals surface area (Å²) in [7, 11) is 1.53. The molecule has 0 amide bonds. The minimum atomic E-state index is -0.329. The van der Waals surface area contributed by atoms with Crippen LogP contribution in [0, 0.1) is 0 Å². The predicted octanol–water partition coefficient (Wildman–Crippen LogP) is 0.0846. The molecule has 0 spiro atoms. The Labute approximate surface area is 64.6 Å². The summed E-state index contributed by atoms with van der Waals surface area (Å²) in [6.07, 6.45) is 4.62. The van der Waals surface area contributed by atoms with E-state index in [-0.39, 0.29) is 6.10 Å². The molecule has 0 aromatic carbocycles. The first-order chi connectivity index (χ1) is 5.27. The molecule has 0 radical (unpaired) electrons. The summed E-state index contributed by atoms with van der Waals surface area (Å²) in [5, 5.41) is 0. The van der Waals surface area contributed by atoms with Crippen LogP contribution in [0.15, 0.2) is 23.9 Å². The topological polar surface area (TPSA) is 71.7 Å². The Morgan fingerprint density at radius 2 is 2.36 bits per heavy atom. The molecule has 4 nitrogen and oxygen atoms in total. The fourth-order valence-corrected chi connectivity index (χ4v) is 0.871. The van der Waals surface area contributed by atoms with Crippen molar-refractivity contribution in [1.82, 2.24) is 0 Å². The lowest BCUT2D eigenvalue weighted by molar-refractivity contribution is -0.0184. The van der Waals surface area contributed by atoms with Gasteiger partial charge in [0.15, 0.2) is 6.10 Å². The maximum Gasteiger partial charge on any atom is 0.324 e. The lowest BCUT2D eigenvalue weighted by Crippen LogP contribution is -2.24. The molecule has 0 saturated carbocycles. The Balaban J connectivity index is 2.92.